The second kappa shape index (κ2) is 10.7. The van der Waals surface area contributed by atoms with Crippen molar-refractivity contribution in [3.63, 3.8) is 0 Å². The number of ketones is 1. The molecule has 2 heterocycles. The standard InChI is InChI=1S/C22H22ClN5O5S/c1-14-6-7-17(11-19(14)34(32,33)26-10-8-16-5-3-4-9-24-16)27-20(30)13-28-22(31)21(15(2)29)18(23)12-25-28/h3-7,9,11-12,26H,8,10,13H2,1-2H3,(H,27,30). The molecule has 10 nitrogen and oxygen atoms in total. The molecule has 12 heteroatoms. The van der Waals surface area contributed by atoms with Crippen molar-refractivity contribution in [2.24, 2.45) is 0 Å². The summed E-state index contributed by atoms with van der Waals surface area (Å²) in [6.07, 6.45) is 3.16. The first-order chi connectivity index (χ1) is 16.1. The van der Waals surface area contributed by atoms with Crippen molar-refractivity contribution in [2.45, 2.75) is 31.7 Å². The van der Waals surface area contributed by atoms with Gasteiger partial charge in [0.15, 0.2) is 5.78 Å². The number of anilines is 1. The number of nitrogens with one attached hydrogen (secondary N) is 2. The Hall–Kier alpha value is -3.41. The molecule has 0 aliphatic rings. The van der Waals surface area contributed by atoms with Crippen molar-refractivity contribution in [3.05, 3.63) is 81.0 Å². The van der Waals surface area contributed by atoms with Gasteiger partial charge in [-0.05, 0) is 43.7 Å². The second-order valence-electron chi connectivity index (χ2n) is 7.38. The monoisotopic (exact) mass is 503 g/mol. The number of aromatic nitrogens is 3. The Bertz CT molecular complexity index is 1390. The molecule has 2 N–H and O–H groups in total. The molecule has 0 aliphatic carbocycles. The number of sulfonamides is 1. The molecule has 0 bridgehead atoms. The van der Waals surface area contributed by atoms with Crippen LogP contribution in [0.1, 0.15) is 28.5 Å². The third kappa shape index (κ3) is 6.13. The van der Waals surface area contributed by atoms with Crippen LogP contribution >= 0.6 is 11.6 Å². The van der Waals surface area contributed by atoms with Crippen molar-refractivity contribution in [3.8, 4) is 0 Å². The Balaban J connectivity index is 1.72. The van der Waals surface area contributed by atoms with Crippen molar-refractivity contribution >= 4 is 39.0 Å². The lowest BCUT2D eigenvalue weighted by Crippen LogP contribution is -2.32. The molecule has 0 spiro atoms. The molecule has 0 aliphatic heterocycles. The molecule has 2 aromatic heterocycles. The lowest BCUT2D eigenvalue weighted by Gasteiger charge is -2.12. The molecule has 3 aromatic rings. The van der Waals surface area contributed by atoms with Gasteiger partial charge in [-0.1, -0.05) is 23.7 Å². The van der Waals surface area contributed by atoms with Gasteiger partial charge < -0.3 is 5.32 Å². The van der Waals surface area contributed by atoms with Crippen LogP contribution in [-0.2, 0) is 27.8 Å². The van der Waals surface area contributed by atoms with Crippen LogP contribution in [0.5, 0.6) is 0 Å². The number of rotatable bonds is 9. The van der Waals surface area contributed by atoms with Crippen LogP contribution in [0.4, 0.5) is 5.69 Å². The van der Waals surface area contributed by atoms with Crippen LogP contribution < -0.4 is 15.6 Å². The molecule has 3 rings (SSSR count). The minimum Gasteiger partial charge on any atom is -0.324 e. The molecule has 1 aromatic carbocycles. The minimum atomic E-state index is -3.85. The van der Waals surface area contributed by atoms with Crippen LogP contribution in [-0.4, -0.2) is 41.4 Å². The van der Waals surface area contributed by atoms with E-state index in [1.807, 2.05) is 6.07 Å². The zero-order valence-corrected chi connectivity index (χ0v) is 20.0. The zero-order chi connectivity index (χ0) is 24.9. The summed E-state index contributed by atoms with van der Waals surface area (Å²) in [4.78, 5) is 40.7. The van der Waals surface area contributed by atoms with Crippen LogP contribution in [0.15, 0.2) is 58.5 Å². The van der Waals surface area contributed by atoms with E-state index in [2.05, 4.69) is 20.1 Å². The predicted octanol–water partition coefficient (Wildman–Crippen LogP) is 1.96. The molecule has 0 atom stereocenters. The Labute approximate surface area is 201 Å². The smallest absolute Gasteiger partial charge is 0.279 e. The van der Waals surface area contributed by atoms with Crippen LogP contribution in [0.2, 0.25) is 5.02 Å². The van der Waals surface area contributed by atoms with Gasteiger partial charge in [0, 0.05) is 30.5 Å². The number of amides is 1. The summed E-state index contributed by atoms with van der Waals surface area (Å²) >= 11 is 5.85. The van der Waals surface area contributed by atoms with E-state index in [4.69, 9.17) is 11.6 Å². The number of hydrogen-bond acceptors (Lipinski definition) is 7. The Kier molecular flexibility index (Phi) is 7.92. The normalized spacial score (nSPS) is 11.3. The van der Waals surface area contributed by atoms with Crippen molar-refractivity contribution in [1.29, 1.82) is 0 Å². The van der Waals surface area contributed by atoms with Crippen LogP contribution in [0, 0.1) is 6.92 Å². The van der Waals surface area contributed by atoms with E-state index in [-0.39, 0.29) is 27.7 Å². The average Bonchev–Trinajstić information content (AvgIpc) is 2.77. The highest BCUT2D eigenvalue weighted by atomic mass is 35.5. The van der Waals surface area contributed by atoms with E-state index >= 15 is 0 Å². The number of pyridine rings is 1. The van der Waals surface area contributed by atoms with E-state index in [0.29, 0.717) is 12.0 Å². The SMILES string of the molecule is CC(=O)c1c(Cl)cnn(CC(=O)Nc2ccc(C)c(S(=O)(=O)NCCc3ccccn3)c2)c1=O. The zero-order valence-electron chi connectivity index (χ0n) is 18.4. The Morgan fingerprint density at radius 1 is 1.18 bits per heavy atom. The molecule has 0 unspecified atom stereocenters. The maximum atomic E-state index is 12.8. The summed E-state index contributed by atoms with van der Waals surface area (Å²) in [6, 6.07) is 9.83. The van der Waals surface area contributed by atoms with E-state index < -0.39 is 33.8 Å². The number of Topliss-reactive ketones (excluding diaryl/α,β-unsaturated/α-hetero) is 1. The van der Waals surface area contributed by atoms with Gasteiger partial charge in [0.25, 0.3) is 5.56 Å². The first-order valence-corrected chi connectivity index (χ1v) is 12.0. The van der Waals surface area contributed by atoms with Gasteiger partial charge in [-0.3, -0.25) is 19.4 Å². The first-order valence-electron chi connectivity index (χ1n) is 10.1. The van der Waals surface area contributed by atoms with Gasteiger partial charge in [-0.2, -0.15) is 5.10 Å². The van der Waals surface area contributed by atoms with E-state index in [1.54, 1.807) is 37.4 Å². The number of carbonyl (C=O) groups excluding carboxylic acids is 2. The lowest BCUT2D eigenvalue weighted by molar-refractivity contribution is -0.117. The van der Waals surface area contributed by atoms with Crippen molar-refractivity contribution < 1.29 is 18.0 Å². The Morgan fingerprint density at radius 3 is 2.62 bits per heavy atom. The largest absolute Gasteiger partial charge is 0.324 e. The lowest BCUT2D eigenvalue weighted by atomic mass is 10.2. The van der Waals surface area contributed by atoms with Gasteiger partial charge >= 0.3 is 0 Å². The van der Waals surface area contributed by atoms with Crippen LogP contribution in [0.25, 0.3) is 0 Å². The van der Waals surface area contributed by atoms with Crippen molar-refractivity contribution in [1.82, 2.24) is 19.5 Å². The fourth-order valence-corrected chi connectivity index (χ4v) is 4.70. The topological polar surface area (TPSA) is 140 Å². The quantitative estimate of drug-likeness (QED) is 0.425. The number of halogens is 1. The summed E-state index contributed by atoms with van der Waals surface area (Å²) in [5, 5.41) is 6.23. The maximum Gasteiger partial charge on any atom is 0.279 e. The number of carbonyl (C=O) groups is 2. The summed E-state index contributed by atoms with van der Waals surface area (Å²) < 4.78 is 29.0. The fourth-order valence-electron chi connectivity index (χ4n) is 3.14. The minimum absolute atomic E-state index is 0.00646. The predicted molar refractivity (Wildman–Crippen MR) is 126 cm³/mol. The molecule has 0 radical (unpaired) electrons. The molecular formula is C22H22ClN5O5S. The molecule has 178 valence electrons. The van der Waals surface area contributed by atoms with Crippen molar-refractivity contribution in [2.75, 3.05) is 11.9 Å². The molecular weight excluding hydrogens is 482 g/mol. The van der Waals surface area contributed by atoms with Gasteiger partial charge in [-0.25, -0.2) is 17.8 Å². The van der Waals surface area contributed by atoms with Gasteiger partial charge in [0.1, 0.15) is 12.1 Å². The van der Waals surface area contributed by atoms with E-state index in [0.717, 1.165) is 16.6 Å². The number of nitrogens with zero attached hydrogens (tertiary/aromatic N) is 3. The molecule has 34 heavy (non-hydrogen) atoms. The molecule has 0 fully saturated rings. The third-order valence-corrected chi connectivity index (χ3v) is 6.69. The van der Waals surface area contributed by atoms with Crippen LogP contribution in [0.3, 0.4) is 0 Å². The molecule has 1 amide bonds. The highest BCUT2D eigenvalue weighted by Crippen LogP contribution is 2.20. The fraction of sp³-hybridized carbons (Fsp3) is 0.227. The maximum absolute atomic E-state index is 12.8. The molecule has 0 saturated heterocycles. The third-order valence-electron chi connectivity index (χ3n) is 4.80. The number of aryl methyl sites for hydroxylation is 1. The van der Waals surface area contributed by atoms with E-state index in [9.17, 15) is 22.8 Å². The summed E-state index contributed by atoms with van der Waals surface area (Å²) in [5.41, 5.74) is 0.408. The summed E-state index contributed by atoms with van der Waals surface area (Å²) in [5.74, 6) is -1.18. The second-order valence-corrected chi connectivity index (χ2v) is 9.53. The summed E-state index contributed by atoms with van der Waals surface area (Å²) in [6.45, 7) is 2.48. The number of hydrogen-bond donors (Lipinski definition) is 2. The van der Waals surface area contributed by atoms with E-state index in [1.165, 1.54) is 13.0 Å². The highest BCUT2D eigenvalue weighted by Gasteiger charge is 2.19. The number of benzene rings is 1. The first kappa shape index (κ1) is 25.2. The Morgan fingerprint density at radius 2 is 1.94 bits per heavy atom. The van der Waals surface area contributed by atoms with Gasteiger partial charge in [0.2, 0.25) is 15.9 Å². The average molecular weight is 504 g/mol. The van der Waals surface area contributed by atoms with Gasteiger partial charge in [0.05, 0.1) is 16.1 Å². The molecule has 0 saturated carbocycles. The van der Waals surface area contributed by atoms with Gasteiger partial charge in [-0.15, -0.1) is 0 Å². The highest BCUT2D eigenvalue weighted by molar-refractivity contribution is 7.89. The summed E-state index contributed by atoms with van der Waals surface area (Å²) in [7, 11) is -3.85.